The average molecular weight is 338 g/mol. The van der Waals surface area contributed by atoms with Crippen LogP contribution < -0.4 is 0 Å². The number of carbonyl (C=O) groups excluding carboxylic acids is 1. The Balaban J connectivity index is 2.02. The first-order valence-electron chi connectivity index (χ1n) is 9.61. The summed E-state index contributed by atoms with van der Waals surface area (Å²) in [4.78, 5) is 24.5. The molecule has 2 aliphatic carbocycles. The Hall–Kier alpha value is -1.06. The van der Waals surface area contributed by atoms with E-state index in [0.717, 1.165) is 37.5 Å². The van der Waals surface area contributed by atoms with Crippen LogP contribution in [0.25, 0.3) is 0 Å². The summed E-state index contributed by atoms with van der Waals surface area (Å²) in [5.74, 6) is -0.207. The zero-order valence-electron chi connectivity index (χ0n) is 15.8. The Labute approximate surface area is 146 Å². The first-order chi connectivity index (χ1) is 11.1. The normalized spacial score (nSPS) is 28.8. The van der Waals surface area contributed by atoms with Gasteiger partial charge in [-0.15, -0.1) is 0 Å². The third-order valence-electron chi connectivity index (χ3n) is 6.17. The Kier molecular flexibility index (Phi) is 5.98. The lowest BCUT2D eigenvalue weighted by Gasteiger charge is -2.41. The molecule has 0 amide bonds. The summed E-state index contributed by atoms with van der Waals surface area (Å²) in [5, 5.41) is 9.77. The molecule has 1 N–H and O–H groups in total. The van der Waals surface area contributed by atoms with Crippen molar-refractivity contribution >= 4 is 11.9 Å². The van der Waals surface area contributed by atoms with Crippen molar-refractivity contribution in [2.75, 3.05) is 0 Å². The Bertz CT molecular complexity index is 451. The fourth-order valence-electron chi connectivity index (χ4n) is 4.59. The van der Waals surface area contributed by atoms with Crippen molar-refractivity contribution in [3.8, 4) is 0 Å². The quantitative estimate of drug-likeness (QED) is 0.590. The van der Waals surface area contributed by atoms with Crippen molar-refractivity contribution in [1.82, 2.24) is 0 Å². The second-order valence-electron chi connectivity index (χ2n) is 9.02. The van der Waals surface area contributed by atoms with Crippen molar-refractivity contribution in [2.45, 2.75) is 91.1 Å². The van der Waals surface area contributed by atoms with E-state index in [9.17, 15) is 14.7 Å². The lowest BCUT2D eigenvalue weighted by Crippen LogP contribution is -2.48. The molecule has 1 unspecified atom stereocenters. The zero-order valence-corrected chi connectivity index (χ0v) is 15.8. The van der Waals surface area contributed by atoms with E-state index < -0.39 is 23.0 Å². The molecule has 24 heavy (non-hydrogen) atoms. The summed E-state index contributed by atoms with van der Waals surface area (Å²) < 4.78 is 5.44. The van der Waals surface area contributed by atoms with Crippen molar-refractivity contribution < 1.29 is 19.4 Å². The highest BCUT2D eigenvalue weighted by molar-refractivity contribution is 5.99. The standard InChI is InChI=1S/C20H34O4/c1-19(2,3)24-18(23)20(4,17(21)22)16-12-10-15(11-13-16)14-8-6-5-7-9-14/h14-16H,5-13H2,1-4H3,(H,21,22). The molecule has 0 spiro atoms. The van der Waals surface area contributed by atoms with E-state index in [4.69, 9.17) is 4.74 Å². The minimum absolute atomic E-state index is 0.121. The number of aliphatic carboxylic acids is 1. The van der Waals surface area contributed by atoms with E-state index in [-0.39, 0.29) is 5.92 Å². The van der Waals surface area contributed by atoms with E-state index in [0.29, 0.717) is 0 Å². The van der Waals surface area contributed by atoms with Gasteiger partial charge in [0.05, 0.1) is 0 Å². The molecule has 2 aliphatic rings. The van der Waals surface area contributed by atoms with Gasteiger partial charge in [0.25, 0.3) is 0 Å². The second kappa shape index (κ2) is 7.45. The number of rotatable bonds is 4. The number of hydrogen-bond donors (Lipinski definition) is 1. The molecule has 2 rings (SSSR count). The van der Waals surface area contributed by atoms with E-state index in [2.05, 4.69) is 0 Å². The smallest absolute Gasteiger partial charge is 0.323 e. The molecule has 4 nitrogen and oxygen atoms in total. The molecule has 0 saturated heterocycles. The summed E-state index contributed by atoms with van der Waals surface area (Å²) in [6, 6.07) is 0. The molecule has 4 heteroatoms. The zero-order chi connectivity index (χ0) is 18.0. The number of carbonyl (C=O) groups is 2. The van der Waals surface area contributed by atoms with Gasteiger partial charge < -0.3 is 9.84 Å². The summed E-state index contributed by atoms with van der Waals surface area (Å²) >= 11 is 0. The van der Waals surface area contributed by atoms with E-state index in [1.165, 1.54) is 32.1 Å². The summed E-state index contributed by atoms with van der Waals surface area (Å²) in [6.07, 6.45) is 10.5. The lowest BCUT2D eigenvalue weighted by molar-refractivity contribution is -0.181. The number of carboxylic acid groups (broad SMARTS) is 1. The van der Waals surface area contributed by atoms with E-state index in [1.807, 2.05) is 0 Å². The lowest BCUT2D eigenvalue weighted by atomic mass is 9.64. The van der Waals surface area contributed by atoms with Crippen LogP contribution >= 0.6 is 0 Å². The van der Waals surface area contributed by atoms with Crippen molar-refractivity contribution in [3.63, 3.8) is 0 Å². The van der Waals surface area contributed by atoms with Gasteiger partial charge in [-0.2, -0.15) is 0 Å². The van der Waals surface area contributed by atoms with Gasteiger partial charge in [0.15, 0.2) is 5.41 Å². The van der Waals surface area contributed by atoms with Crippen molar-refractivity contribution in [1.29, 1.82) is 0 Å². The maximum absolute atomic E-state index is 12.6. The molecule has 2 fully saturated rings. The van der Waals surface area contributed by atoms with E-state index >= 15 is 0 Å². The highest BCUT2D eigenvalue weighted by Gasteiger charge is 2.51. The number of esters is 1. The second-order valence-corrected chi connectivity index (χ2v) is 9.02. The minimum atomic E-state index is -1.43. The van der Waals surface area contributed by atoms with Gasteiger partial charge in [-0.1, -0.05) is 32.1 Å². The van der Waals surface area contributed by atoms with Gasteiger partial charge in [0.2, 0.25) is 0 Å². The predicted octanol–water partition coefficient (Wildman–Crippen LogP) is 4.81. The molecule has 1 atom stereocenters. The molecular formula is C20H34O4. The first-order valence-corrected chi connectivity index (χ1v) is 9.61. The third kappa shape index (κ3) is 4.31. The molecule has 0 aliphatic heterocycles. The van der Waals surface area contributed by atoms with Crippen LogP contribution in [0.3, 0.4) is 0 Å². The number of hydrogen-bond acceptors (Lipinski definition) is 3. The molecule has 0 radical (unpaired) electrons. The monoisotopic (exact) mass is 338 g/mol. The molecule has 0 aromatic rings. The largest absolute Gasteiger partial charge is 0.480 e. The Morgan fingerprint density at radius 3 is 1.79 bits per heavy atom. The van der Waals surface area contributed by atoms with Gasteiger partial charge in [0.1, 0.15) is 5.60 Å². The topological polar surface area (TPSA) is 63.6 Å². The van der Waals surface area contributed by atoms with Crippen LogP contribution in [-0.4, -0.2) is 22.6 Å². The summed E-state index contributed by atoms with van der Waals surface area (Å²) in [5.41, 5.74) is -2.09. The fourth-order valence-corrected chi connectivity index (χ4v) is 4.59. The van der Waals surface area contributed by atoms with Crippen LogP contribution in [0.15, 0.2) is 0 Å². The molecule has 0 aromatic carbocycles. The predicted molar refractivity (Wildman–Crippen MR) is 93.6 cm³/mol. The summed E-state index contributed by atoms with van der Waals surface area (Å²) in [6.45, 7) is 6.92. The van der Waals surface area contributed by atoms with Gasteiger partial charge >= 0.3 is 11.9 Å². The highest BCUT2D eigenvalue weighted by atomic mass is 16.6. The SMILES string of the molecule is CC(C)(C)OC(=O)C(C)(C(=O)O)C1CCC(C2CCCCC2)CC1. The molecule has 2 saturated carbocycles. The Morgan fingerprint density at radius 1 is 0.833 bits per heavy atom. The van der Waals surface area contributed by atoms with Crippen LogP contribution in [0.1, 0.15) is 85.5 Å². The average Bonchev–Trinajstić information content (AvgIpc) is 2.53. The minimum Gasteiger partial charge on any atom is -0.480 e. The maximum atomic E-state index is 12.6. The van der Waals surface area contributed by atoms with Crippen molar-refractivity contribution in [2.24, 2.45) is 23.2 Å². The van der Waals surface area contributed by atoms with Crippen LogP contribution in [-0.2, 0) is 14.3 Å². The highest BCUT2D eigenvalue weighted by Crippen LogP contribution is 2.46. The van der Waals surface area contributed by atoms with Gasteiger partial charge in [-0.05, 0) is 71.1 Å². The molecule has 0 bridgehead atoms. The number of carboxylic acids is 1. The molecule has 0 heterocycles. The molecule has 0 aromatic heterocycles. The fraction of sp³-hybridized carbons (Fsp3) is 0.900. The Morgan fingerprint density at radius 2 is 1.33 bits per heavy atom. The van der Waals surface area contributed by atoms with Gasteiger partial charge in [-0.3, -0.25) is 9.59 Å². The van der Waals surface area contributed by atoms with Crippen LogP contribution in [0.4, 0.5) is 0 Å². The van der Waals surface area contributed by atoms with Gasteiger partial charge in [0, 0.05) is 0 Å². The van der Waals surface area contributed by atoms with Crippen LogP contribution in [0, 0.1) is 23.2 Å². The van der Waals surface area contributed by atoms with Gasteiger partial charge in [-0.25, -0.2) is 0 Å². The van der Waals surface area contributed by atoms with E-state index in [1.54, 1.807) is 27.7 Å². The maximum Gasteiger partial charge on any atom is 0.323 e. The third-order valence-corrected chi connectivity index (χ3v) is 6.17. The first kappa shape index (κ1) is 19.3. The molecular weight excluding hydrogens is 304 g/mol. The number of ether oxygens (including phenoxy) is 1. The van der Waals surface area contributed by atoms with Crippen molar-refractivity contribution in [3.05, 3.63) is 0 Å². The molecule has 138 valence electrons. The summed E-state index contributed by atoms with van der Waals surface area (Å²) in [7, 11) is 0. The van der Waals surface area contributed by atoms with Crippen LogP contribution in [0.2, 0.25) is 0 Å². The van der Waals surface area contributed by atoms with Crippen LogP contribution in [0.5, 0.6) is 0 Å².